The van der Waals surface area contributed by atoms with Gasteiger partial charge in [0.25, 0.3) is 0 Å². The number of fused-ring (bicyclic) bond motifs is 1. The van der Waals surface area contributed by atoms with Crippen LogP contribution in [0.1, 0.15) is 25.3 Å². The second-order valence-corrected chi connectivity index (χ2v) is 6.69. The smallest absolute Gasteiger partial charge is 0.306 e. The maximum absolute atomic E-state index is 12.2. The number of carbonyl (C=O) groups excluding carboxylic acids is 3. The van der Waals surface area contributed by atoms with Gasteiger partial charge in [-0.05, 0) is 16.3 Å². The maximum Gasteiger partial charge on any atom is 0.306 e. The van der Waals surface area contributed by atoms with E-state index in [9.17, 15) is 14.4 Å². The van der Waals surface area contributed by atoms with E-state index in [0.29, 0.717) is 26.2 Å². The van der Waals surface area contributed by atoms with Gasteiger partial charge < -0.3 is 14.5 Å². The average molecular weight is 368 g/mol. The molecule has 142 valence electrons. The number of ether oxygens (including phenoxy) is 1. The zero-order chi connectivity index (χ0) is 19.2. The zero-order valence-electron chi connectivity index (χ0n) is 15.5. The first-order valence-corrected chi connectivity index (χ1v) is 9.20. The number of nitrogens with zero attached hydrogens (tertiary/aromatic N) is 2. The summed E-state index contributed by atoms with van der Waals surface area (Å²) in [5.41, 5.74) is 0.952. The molecule has 0 bridgehead atoms. The van der Waals surface area contributed by atoms with Gasteiger partial charge in [-0.1, -0.05) is 42.5 Å². The molecule has 1 saturated heterocycles. The lowest BCUT2D eigenvalue weighted by atomic mass is 10.1. The van der Waals surface area contributed by atoms with Gasteiger partial charge in [0.1, 0.15) is 6.61 Å². The largest absolute Gasteiger partial charge is 0.461 e. The van der Waals surface area contributed by atoms with Crippen molar-refractivity contribution < 1.29 is 19.1 Å². The van der Waals surface area contributed by atoms with Crippen LogP contribution in [0, 0.1) is 0 Å². The summed E-state index contributed by atoms with van der Waals surface area (Å²) in [6, 6.07) is 13.8. The molecule has 1 heterocycles. The Labute approximate surface area is 158 Å². The highest BCUT2D eigenvalue weighted by Gasteiger charge is 2.22. The minimum absolute atomic E-state index is 0.0270. The molecule has 27 heavy (non-hydrogen) atoms. The van der Waals surface area contributed by atoms with E-state index < -0.39 is 0 Å². The minimum Gasteiger partial charge on any atom is -0.461 e. The highest BCUT2D eigenvalue weighted by atomic mass is 16.5. The highest BCUT2D eigenvalue weighted by Crippen LogP contribution is 2.19. The molecular formula is C21H24N2O4. The van der Waals surface area contributed by atoms with Crippen LogP contribution in [0.5, 0.6) is 0 Å². The van der Waals surface area contributed by atoms with Gasteiger partial charge in [-0.2, -0.15) is 0 Å². The fraction of sp³-hybridized carbons (Fsp3) is 0.381. The second-order valence-electron chi connectivity index (χ2n) is 6.69. The third-order valence-corrected chi connectivity index (χ3v) is 4.89. The van der Waals surface area contributed by atoms with Crippen LogP contribution in [-0.4, -0.2) is 53.8 Å². The quantitative estimate of drug-likeness (QED) is 0.760. The molecule has 1 aliphatic heterocycles. The number of rotatable bonds is 5. The Balaban J connectivity index is 1.44. The van der Waals surface area contributed by atoms with Crippen molar-refractivity contribution in [2.24, 2.45) is 0 Å². The van der Waals surface area contributed by atoms with Gasteiger partial charge in [-0.3, -0.25) is 14.4 Å². The lowest BCUT2D eigenvalue weighted by molar-refractivity contribution is -0.147. The van der Waals surface area contributed by atoms with Crippen LogP contribution in [-0.2, 0) is 25.7 Å². The SMILES string of the molecule is CC(=O)N1CCN(C(=O)CCC(=O)OCc2cccc3ccccc23)CC1. The third kappa shape index (κ3) is 4.84. The molecule has 0 spiro atoms. The Bertz CT molecular complexity index is 836. The highest BCUT2D eigenvalue weighted by molar-refractivity contribution is 5.86. The van der Waals surface area contributed by atoms with Crippen LogP contribution >= 0.6 is 0 Å². The van der Waals surface area contributed by atoms with E-state index in [1.807, 2.05) is 42.5 Å². The lowest BCUT2D eigenvalue weighted by Gasteiger charge is -2.34. The molecule has 6 heteroatoms. The monoisotopic (exact) mass is 368 g/mol. The number of hydrogen-bond acceptors (Lipinski definition) is 4. The van der Waals surface area contributed by atoms with E-state index >= 15 is 0 Å². The van der Waals surface area contributed by atoms with Gasteiger partial charge in [0, 0.05) is 39.5 Å². The molecule has 3 rings (SSSR count). The fourth-order valence-electron chi connectivity index (χ4n) is 3.29. The van der Waals surface area contributed by atoms with Crippen molar-refractivity contribution in [1.82, 2.24) is 9.80 Å². The summed E-state index contributed by atoms with van der Waals surface area (Å²) in [7, 11) is 0. The van der Waals surface area contributed by atoms with Gasteiger partial charge in [0.05, 0.1) is 6.42 Å². The van der Waals surface area contributed by atoms with Crippen LogP contribution in [0.4, 0.5) is 0 Å². The molecule has 1 aliphatic rings. The van der Waals surface area contributed by atoms with Crippen molar-refractivity contribution in [2.45, 2.75) is 26.4 Å². The Morgan fingerprint density at radius 3 is 2.30 bits per heavy atom. The molecule has 1 fully saturated rings. The topological polar surface area (TPSA) is 66.9 Å². The van der Waals surface area contributed by atoms with E-state index in [0.717, 1.165) is 16.3 Å². The molecule has 0 unspecified atom stereocenters. The molecule has 0 aromatic heterocycles. The number of hydrogen-bond donors (Lipinski definition) is 0. The molecule has 2 amide bonds. The van der Waals surface area contributed by atoms with Crippen molar-refractivity contribution in [3.8, 4) is 0 Å². The molecule has 0 atom stereocenters. The van der Waals surface area contributed by atoms with E-state index in [4.69, 9.17) is 4.74 Å². The van der Waals surface area contributed by atoms with Crippen LogP contribution < -0.4 is 0 Å². The van der Waals surface area contributed by atoms with Gasteiger partial charge in [-0.25, -0.2) is 0 Å². The fourth-order valence-corrected chi connectivity index (χ4v) is 3.29. The Kier molecular flexibility index (Phi) is 6.06. The summed E-state index contributed by atoms with van der Waals surface area (Å²) in [4.78, 5) is 39.0. The summed E-state index contributed by atoms with van der Waals surface area (Å²) in [6.45, 7) is 3.86. The van der Waals surface area contributed by atoms with Crippen LogP contribution in [0.15, 0.2) is 42.5 Å². The number of carbonyl (C=O) groups is 3. The molecular weight excluding hydrogens is 344 g/mol. The van der Waals surface area contributed by atoms with Crippen molar-refractivity contribution >= 4 is 28.6 Å². The summed E-state index contributed by atoms with van der Waals surface area (Å²) in [6.07, 6.45) is 0.199. The predicted molar refractivity (Wildman–Crippen MR) is 102 cm³/mol. The number of amides is 2. The summed E-state index contributed by atoms with van der Waals surface area (Å²) < 4.78 is 5.36. The number of esters is 1. The van der Waals surface area contributed by atoms with E-state index in [2.05, 4.69) is 0 Å². The standard InChI is InChI=1S/C21H24N2O4/c1-16(24)22-11-13-23(14-12-22)20(25)9-10-21(26)27-15-18-7-4-6-17-5-2-3-8-19(17)18/h2-8H,9-15H2,1H3. The summed E-state index contributed by atoms with van der Waals surface area (Å²) >= 11 is 0. The molecule has 0 N–H and O–H groups in total. The summed E-state index contributed by atoms with van der Waals surface area (Å²) in [5, 5.41) is 2.16. The van der Waals surface area contributed by atoms with Crippen molar-refractivity contribution in [1.29, 1.82) is 0 Å². The first-order chi connectivity index (χ1) is 13.0. The maximum atomic E-state index is 12.2. The lowest BCUT2D eigenvalue weighted by Crippen LogP contribution is -2.50. The minimum atomic E-state index is -0.376. The zero-order valence-corrected chi connectivity index (χ0v) is 15.5. The molecule has 0 saturated carbocycles. The van der Waals surface area contributed by atoms with Crippen LogP contribution in [0.3, 0.4) is 0 Å². The number of piperazine rings is 1. The van der Waals surface area contributed by atoms with Gasteiger partial charge in [0.2, 0.25) is 11.8 Å². The molecule has 0 aliphatic carbocycles. The van der Waals surface area contributed by atoms with Crippen molar-refractivity contribution in [3.63, 3.8) is 0 Å². The molecule has 2 aromatic carbocycles. The number of benzene rings is 2. The first kappa shape index (κ1) is 18.9. The Morgan fingerprint density at radius 1 is 0.889 bits per heavy atom. The van der Waals surface area contributed by atoms with E-state index in [-0.39, 0.29) is 37.2 Å². The molecule has 0 radical (unpaired) electrons. The van der Waals surface area contributed by atoms with E-state index in [1.54, 1.807) is 9.80 Å². The van der Waals surface area contributed by atoms with Crippen LogP contribution in [0.2, 0.25) is 0 Å². The Morgan fingerprint density at radius 2 is 1.56 bits per heavy atom. The molecule has 6 nitrogen and oxygen atoms in total. The third-order valence-electron chi connectivity index (χ3n) is 4.89. The second kappa shape index (κ2) is 8.66. The first-order valence-electron chi connectivity index (χ1n) is 9.20. The average Bonchev–Trinajstić information content (AvgIpc) is 2.70. The van der Waals surface area contributed by atoms with E-state index in [1.165, 1.54) is 6.92 Å². The molecule has 2 aromatic rings. The van der Waals surface area contributed by atoms with Gasteiger partial charge in [0.15, 0.2) is 0 Å². The summed E-state index contributed by atoms with van der Waals surface area (Å²) in [5.74, 6) is -0.418. The normalized spacial score (nSPS) is 14.3. The van der Waals surface area contributed by atoms with Crippen molar-refractivity contribution in [3.05, 3.63) is 48.0 Å². The van der Waals surface area contributed by atoms with Crippen molar-refractivity contribution in [2.75, 3.05) is 26.2 Å². The Hall–Kier alpha value is -2.89. The van der Waals surface area contributed by atoms with Gasteiger partial charge >= 0.3 is 5.97 Å². The van der Waals surface area contributed by atoms with Gasteiger partial charge in [-0.15, -0.1) is 0 Å². The van der Waals surface area contributed by atoms with Crippen LogP contribution in [0.25, 0.3) is 10.8 Å². The predicted octanol–water partition coefficient (Wildman–Crippen LogP) is 2.35.